The summed E-state index contributed by atoms with van der Waals surface area (Å²) < 4.78 is 17.4. The molecular weight excluding hydrogens is 444 g/mol. The van der Waals surface area contributed by atoms with Crippen molar-refractivity contribution in [3.05, 3.63) is 30.0 Å². The highest BCUT2D eigenvalue weighted by atomic mass is 16.7. The normalized spacial score (nSPS) is 23.5. The maximum atomic E-state index is 13.9. The third-order valence-corrected chi connectivity index (χ3v) is 8.34. The van der Waals surface area contributed by atoms with Crippen molar-refractivity contribution in [3.8, 4) is 5.75 Å². The number of carbonyl (C=O) groups is 1. The van der Waals surface area contributed by atoms with E-state index in [0.717, 1.165) is 74.2 Å². The number of benzene rings is 1. The molecule has 1 amide bonds. The van der Waals surface area contributed by atoms with Gasteiger partial charge < -0.3 is 28.9 Å². The monoisotopic (exact) mass is 480 g/mol. The van der Waals surface area contributed by atoms with Crippen molar-refractivity contribution in [1.29, 1.82) is 0 Å². The van der Waals surface area contributed by atoms with Crippen LogP contribution in [0, 0.1) is 0 Å². The standard InChI is InChI=1S/C27H36N4O4/c1-33-21-4-5-24-22(18-21)25(30-14-8-27(9-15-30)34-16-17-35-27)23(19-28-24)26(32)31-12-6-20(7-13-31)29-10-2-3-11-29/h4-5,18-20H,2-3,6-17H2,1H3. The fraction of sp³-hybridized carbons (Fsp3) is 0.630. The summed E-state index contributed by atoms with van der Waals surface area (Å²) in [6.07, 6.45) is 8.08. The maximum absolute atomic E-state index is 13.9. The molecule has 4 aliphatic heterocycles. The number of carbonyl (C=O) groups excluding carboxylic acids is 1. The third-order valence-electron chi connectivity index (χ3n) is 8.34. The fourth-order valence-corrected chi connectivity index (χ4v) is 6.35. The molecule has 5 heterocycles. The highest BCUT2D eigenvalue weighted by molar-refractivity contribution is 6.07. The number of rotatable bonds is 4. The minimum atomic E-state index is -0.460. The number of methoxy groups -OCH3 is 1. The highest BCUT2D eigenvalue weighted by Gasteiger charge is 2.41. The lowest BCUT2D eigenvalue weighted by molar-refractivity contribution is -0.169. The van der Waals surface area contributed by atoms with Crippen molar-refractivity contribution >= 4 is 22.5 Å². The van der Waals surface area contributed by atoms with Crippen molar-refractivity contribution in [2.45, 2.75) is 50.4 Å². The number of anilines is 1. The molecule has 0 unspecified atom stereocenters. The molecular formula is C27H36N4O4. The molecule has 4 fully saturated rings. The lowest BCUT2D eigenvalue weighted by Crippen LogP contribution is -2.47. The molecule has 6 rings (SSSR count). The first kappa shape index (κ1) is 23.0. The SMILES string of the molecule is COc1ccc2ncc(C(=O)N3CCC(N4CCCC4)CC3)c(N3CCC4(CC3)OCCO4)c2c1. The van der Waals surface area contributed by atoms with E-state index in [4.69, 9.17) is 14.2 Å². The van der Waals surface area contributed by atoms with Crippen LogP contribution in [0.3, 0.4) is 0 Å². The van der Waals surface area contributed by atoms with Crippen LogP contribution in [-0.4, -0.2) is 92.1 Å². The van der Waals surface area contributed by atoms with Gasteiger partial charge in [0.1, 0.15) is 5.75 Å². The first-order chi connectivity index (χ1) is 17.2. The van der Waals surface area contributed by atoms with Gasteiger partial charge in [0, 0.05) is 56.6 Å². The molecule has 188 valence electrons. The Hall–Kier alpha value is -2.42. The summed E-state index contributed by atoms with van der Waals surface area (Å²) in [5, 5.41) is 0.964. The summed E-state index contributed by atoms with van der Waals surface area (Å²) in [4.78, 5) is 25.6. The quantitative estimate of drug-likeness (QED) is 0.665. The van der Waals surface area contributed by atoms with Gasteiger partial charge in [-0.1, -0.05) is 0 Å². The molecule has 0 aliphatic carbocycles. The van der Waals surface area contributed by atoms with Crippen LogP contribution in [0.5, 0.6) is 5.75 Å². The molecule has 35 heavy (non-hydrogen) atoms. The number of pyridine rings is 1. The summed E-state index contributed by atoms with van der Waals surface area (Å²) in [6.45, 7) is 6.90. The number of likely N-dealkylation sites (tertiary alicyclic amines) is 2. The van der Waals surface area contributed by atoms with Crippen molar-refractivity contribution < 1.29 is 19.0 Å². The topological polar surface area (TPSA) is 67.4 Å². The van der Waals surface area contributed by atoms with Crippen LogP contribution in [0.4, 0.5) is 5.69 Å². The predicted octanol–water partition coefficient (Wildman–Crippen LogP) is 3.29. The average Bonchev–Trinajstić information content (AvgIpc) is 3.61. The molecule has 0 N–H and O–H groups in total. The second-order valence-electron chi connectivity index (χ2n) is 10.3. The number of piperidine rings is 2. The second kappa shape index (κ2) is 9.56. The van der Waals surface area contributed by atoms with Gasteiger partial charge in [-0.05, 0) is 57.0 Å². The van der Waals surface area contributed by atoms with E-state index < -0.39 is 5.79 Å². The molecule has 4 saturated heterocycles. The largest absolute Gasteiger partial charge is 0.497 e. The smallest absolute Gasteiger partial charge is 0.257 e. The van der Waals surface area contributed by atoms with Crippen LogP contribution in [-0.2, 0) is 9.47 Å². The zero-order valence-corrected chi connectivity index (χ0v) is 20.7. The second-order valence-corrected chi connectivity index (χ2v) is 10.3. The molecule has 0 bridgehead atoms. The van der Waals surface area contributed by atoms with Gasteiger partial charge in [0.05, 0.1) is 37.1 Å². The van der Waals surface area contributed by atoms with Crippen molar-refractivity contribution in [1.82, 2.24) is 14.8 Å². The van der Waals surface area contributed by atoms with Crippen LogP contribution < -0.4 is 9.64 Å². The molecule has 1 spiro atoms. The Bertz CT molecular complexity index is 1060. The Morgan fingerprint density at radius 3 is 2.43 bits per heavy atom. The molecule has 0 atom stereocenters. The first-order valence-electron chi connectivity index (χ1n) is 13.2. The average molecular weight is 481 g/mol. The zero-order chi connectivity index (χ0) is 23.8. The molecule has 0 saturated carbocycles. The van der Waals surface area contributed by atoms with Gasteiger partial charge in [-0.3, -0.25) is 9.78 Å². The summed E-state index contributed by atoms with van der Waals surface area (Å²) in [5.41, 5.74) is 2.53. The van der Waals surface area contributed by atoms with Gasteiger partial charge in [0.15, 0.2) is 5.79 Å². The van der Waals surface area contributed by atoms with Gasteiger partial charge in [0.2, 0.25) is 0 Å². The number of ether oxygens (including phenoxy) is 3. The Morgan fingerprint density at radius 2 is 1.74 bits per heavy atom. The maximum Gasteiger partial charge on any atom is 0.257 e. The van der Waals surface area contributed by atoms with Crippen LogP contribution in [0.2, 0.25) is 0 Å². The molecule has 4 aliphatic rings. The van der Waals surface area contributed by atoms with E-state index in [-0.39, 0.29) is 5.91 Å². The first-order valence-corrected chi connectivity index (χ1v) is 13.2. The van der Waals surface area contributed by atoms with E-state index in [2.05, 4.69) is 14.8 Å². The van der Waals surface area contributed by atoms with Crippen molar-refractivity contribution in [2.75, 3.05) is 64.5 Å². The van der Waals surface area contributed by atoms with Crippen LogP contribution in [0.25, 0.3) is 10.9 Å². The highest BCUT2D eigenvalue weighted by Crippen LogP contribution is 2.38. The van der Waals surface area contributed by atoms with Gasteiger partial charge in [-0.25, -0.2) is 0 Å². The van der Waals surface area contributed by atoms with E-state index in [1.165, 1.54) is 25.9 Å². The zero-order valence-electron chi connectivity index (χ0n) is 20.7. The third kappa shape index (κ3) is 4.36. The fourth-order valence-electron chi connectivity index (χ4n) is 6.35. The number of hydrogen-bond donors (Lipinski definition) is 0. The summed E-state index contributed by atoms with van der Waals surface area (Å²) in [5.74, 6) is 0.400. The Kier molecular flexibility index (Phi) is 6.28. The van der Waals surface area contributed by atoms with Crippen molar-refractivity contribution in [2.24, 2.45) is 0 Å². The van der Waals surface area contributed by atoms with E-state index in [1.54, 1.807) is 13.3 Å². The molecule has 8 nitrogen and oxygen atoms in total. The van der Waals surface area contributed by atoms with Crippen LogP contribution >= 0.6 is 0 Å². The lowest BCUT2D eigenvalue weighted by Gasteiger charge is -2.40. The molecule has 1 aromatic heterocycles. The summed E-state index contributed by atoms with van der Waals surface area (Å²) in [7, 11) is 1.67. The van der Waals surface area contributed by atoms with Crippen molar-refractivity contribution in [3.63, 3.8) is 0 Å². The molecule has 2 aromatic rings. The van der Waals surface area contributed by atoms with Crippen LogP contribution in [0.1, 0.15) is 48.9 Å². The van der Waals surface area contributed by atoms with Crippen LogP contribution in [0.15, 0.2) is 24.4 Å². The molecule has 8 heteroatoms. The van der Waals surface area contributed by atoms with E-state index in [9.17, 15) is 4.79 Å². The summed E-state index contributed by atoms with van der Waals surface area (Å²) >= 11 is 0. The summed E-state index contributed by atoms with van der Waals surface area (Å²) in [6, 6.07) is 6.53. The lowest BCUT2D eigenvalue weighted by atomic mass is 9.98. The number of aromatic nitrogens is 1. The minimum Gasteiger partial charge on any atom is -0.497 e. The number of nitrogens with zero attached hydrogens (tertiary/aromatic N) is 4. The Labute approximate surface area is 207 Å². The Morgan fingerprint density at radius 1 is 1.03 bits per heavy atom. The van der Waals surface area contributed by atoms with Gasteiger partial charge in [-0.2, -0.15) is 0 Å². The van der Waals surface area contributed by atoms with Gasteiger partial charge in [-0.15, -0.1) is 0 Å². The van der Waals surface area contributed by atoms with E-state index in [0.29, 0.717) is 24.8 Å². The van der Waals surface area contributed by atoms with Gasteiger partial charge >= 0.3 is 0 Å². The minimum absolute atomic E-state index is 0.0887. The number of fused-ring (bicyclic) bond motifs is 1. The Balaban J connectivity index is 1.29. The number of amides is 1. The molecule has 1 aromatic carbocycles. The van der Waals surface area contributed by atoms with E-state index in [1.807, 2.05) is 23.1 Å². The predicted molar refractivity (Wildman–Crippen MR) is 134 cm³/mol. The molecule has 0 radical (unpaired) electrons. The van der Waals surface area contributed by atoms with Gasteiger partial charge in [0.25, 0.3) is 5.91 Å². The van der Waals surface area contributed by atoms with E-state index >= 15 is 0 Å². The number of hydrogen-bond acceptors (Lipinski definition) is 7.